The average molecular weight is 452 g/mol. The van der Waals surface area contributed by atoms with Crippen LogP contribution in [0.25, 0.3) is 0 Å². The van der Waals surface area contributed by atoms with Gasteiger partial charge in [0.15, 0.2) is 0 Å². The van der Waals surface area contributed by atoms with Crippen LogP contribution >= 0.6 is 11.6 Å². The van der Waals surface area contributed by atoms with E-state index in [4.69, 9.17) is 11.6 Å². The molecule has 2 N–H and O–H groups in total. The number of ketones is 1. The molecule has 0 bridgehead atoms. The summed E-state index contributed by atoms with van der Waals surface area (Å²) in [5.74, 6) is 4.23. The fourth-order valence-corrected chi connectivity index (χ4v) is 8.99. The van der Waals surface area contributed by atoms with E-state index in [1.807, 2.05) is 0 Å². The second kappa shape index (κ2) is 8.97. The minimum Gasteiger partial charge on any atom is -0.393 e. The van der Waals surface area contributed by atoms with Crippen molar-refractivity contribution in [2.45, 2.75) is 91.1 Å². The zero-order valence-corrected chi connectivity index (χ0v) is 20.4. The van der Waals surface area contributed by atoms with Gasteiger partial charge in [0.1, 0.15) is 5.78 Å². The molecular weight excluding hydrogens is 410 g/mol. The Labute approximate surface area is 193 Å². The van der Waals surface area contributed by atoms with Crippen LogP contribution in [-0.4, -0.2) is 35.3 Å². The van der Waals surface area contributed by atoms with Gasteiger partial charge in [0.25, 0.3) is 0 Å². The number of hydrogen-bond acceptors (Lipinski definition) is 3. The molecule has 0 aromatic carbocycles. The van der Waals surface area contributed by atoms with E-state index in [-0.39, 0.29) is 23.3 Å². The summed E-state index contributed by atoms with van der Waals surface area (Å²) in [5, 5.41) is 14.0. The highest BCUT2D eigenvalue weighted by Crippen LogP contribution is 2.68. The predicted molar refractivity (Wildman–Crippen MR) is 124 cm³/mol. The fourth-order valence-electron chi connectivity index (χ4n) is 8.90. The van der Waals surface area contributed by atoms with Crippen LogP contribution in [0.15, 0.2) is 0 Å². The van der Waals surface area contributed by atoms with E-state index in [2.05, 4.69) is 26.1 Å². The van der Waals surface area contributed by atoms with E-state index in [0.717, 1.165) is 19.3 Å². The number of alkyl halides is 1. The van der Waals surface area contributed by atoms with Gasteiger partial charge in [0.05, 0.1) is 6.10 Å². The van der Waals surface area contributed by atoms with Crippen molar-refractivity contribution >= 4 is 23.3 Å². The lowest BCUT2D eigenvalue weighted by Gasteiger charge is -2.61. The topological polar surface area (TPSA) is 66.4 Å². The van der Waals surface area contributed by atoms with Gasteiger partial charge in [0.2, 0.25) is 5.91 Å². The van der Waals surface area contributed by atoms with Crippen LogP contribution in [0.3, 0.4) is 0 Å². The quantitative estimate of drug-likeness (QED) is 0.561. The lowest BCUT2D eigenvalue weighted by molar-refractivity contribution is -0.166. The minimum atomic E-state index is -0.319. The Kier molecular flexibility index (Phi) is 6.81. The SMILES string of the molecule is CC(CCC(=O)NCCCl)C1CCC2C3C[C@H](O)[C@@H]4CC(=O)CCC4(C)C3CCC12C. The van der Waals surface area contributed by atoms with Gasteiger partial charge >= 0.3 is 0 Å². The second-order valence-electron chi connectivity index (χ2n) is 11.8. The molecule has 0 saturated heterocycles. The van der Waals surface area contributed by atoms with Gasteiger partial charge in [-0.15, -0.1) is 11.6 Å². The number of nitrogens with one attached hydrogen (secondary N) is 1. The fraction of sp³-hybridized carbons (Fsp3) is 0.923. The number of carbonyl (C=O) groups excluding carboxylic acids is 2. The average Bonchev–Trinajstić information content (AvgIpc) is 3.09. The largest absolute Gasteiger partial charge is 0.393 e. The third-order valence-electron chi connectivity index (χ3n) is 10.5. The number of carbonyl (C=O) groups is 2. The Balaban J connectivity index is 1.46. The molecule has 0 aromatic heterocycles. The summed E-state index contributed by atoms with van der Waals surface area (Å²) >= 11 is 5.68. The van der Waals surface area contributed by atoms with Crippen molar-refractivity contribution in [2.24, 2.45) is 46.3 Å². The molecule has 4 aliphatic rings. The Hall–Kier alpha value is -0.610. The number of fused-ring (bicyclic) bond motifs is 5. The molecule has 4 nitrogen and oxygen atoms in total. The Morgan fingerprint density at radius 2 is 1.90 bits per heavy atom. The van der Waals surface area contributed by atoms with Crippen molar-refractivity contribution in [2.75, 3.05) is 12.4 Å². The van der Waals surface area contributed by atoms with Gasteiger partial charge in [0, 0.05) is 31.7 Å². The minimum absolute atomic E-state index is 0.122. The summed E-state index contributed by atoms with van der Waals surface area (Å²) in [6, 6.07) is 0. The molecule has 0 aliphatic heterocycles. The molecule has 4 aliphatic carbocycles. The van der Waals surface area contributed by atoms with Crippen molar-refractivity contribution in [1.29, 1.82) is 0 Å². The number of rotatable bonds is 6. The van der Waals surface area contributed by atoms with Crippen LogP contribution < -0.4 is 5.32 Å². The first-order valence-electron chi connectivity index (χ1n) is 12.7. The summed E-state index contributed by atoms with van der Waals surface area (Å²) in [4.78, 5) is 24.2. The Bertz CT molecular complexity index is 698. The van der Waals surface area contributed by atoms with Crippen LogP contribution in [0, 0.1) is 46.3 Å². The maximum atomic E-state index is 12.1. The summed E-state index contributed by atoms with van der Waals surface area (Å²) in [6.45, 7) is 7.80. The van der Waals surface area contributed by atoms with E-state index in [0.29, 0.717) is 72.5 Å². The summed E-state index contributed by atoms with van der Waals surface area (Å²) in [7, 11) is 0. The first kappa shape index (κ1) is 23.5. The van der Waals surface area contributed by atoms with Crippen LogP contribution in [0.5, 0.6) is 0 Å². The van der Waals surface area contributed by atoms with Crippen molar-refractivity contribution in [3.63, 3.8) is 0 Å². The number of Topliss-reactive ketones (excluding diaryl/α,β-unsaturated/α-hetero) is 1. The van der Waals surface area contributed by atoms with Crippen molar-refractivity contribution in [3.05, 3.63) is 0 Å². The number of aliphatic hydroxyl groups is 1. The Morgan fingerprint density at radius 1 is 1.16 bits per heavy atom. The third-order valence-corrected chi connectivity index (χ3v) is 10.7. The van der Waals surface area contributed by atoms with E-state index in [9.17, 15) is 14.7 Å². The molecule has 31 heavy (non-hydrogen) atoms. The number of amides is 1. The molecule has 4 rings (SSSR count). The maximum absolute atomic E-state index is 12.1. The van der Waals surface area contributed by atoms with Crippen LogP contribution in [0.4, 0.5) is 0 Å². The zero-order chi connectivity index (χ0) is 22.4. The molecule has 7 unspecified atom stereocenters. The molecule has 0 radical (unpaired) electrons. The molecule has 176 valence electrons. The molecule has 9 atom stereocenters. The predicted octanol–water partition coefficient (Wildman–Crippen LogP) is 4.96. The van der Waals surface area contributed by atoms with Gasteiger partial charge < -0.3 is 10.4 Å². The molecule has 4 fully saturated rings. The molecular formula is C26H42ClNO3. The second-order valence-corrected chi connectivity index (χ2v) is 12.2. The number of hydrogen-bond donors (Lipinski definition) is 2. The van der Waals surface area contributed by atoms with Gasteiger partial charge in [-0.25, -0.2) is 0 Å². The van der Waals surface area contributed by atoms with Gasteiger partial charge in [-0.05, 0) is 91.3 Å². The first-order valence-corrected chi connectivity index (χ1v) is 13.3. The normalized spacial score (nSPS) is 45.4. The van der Waals surface area contributed by atoms with Crippen LogP contribution in [0.2, 0.25) is 0 Å². The van der Waals surface area contributed by atoms with Gasteiger partial charge in [-0.2, -0.15) is 0 Å². The molecule has 5 heteroatoms. The van der Waals surface area contributed by atoms with Gasteiger partial charge in [-0.1, -0.05) is 20.8 Å². The maximum Gasteiger partial charge on any atom is 0.220 e. The summed E-state index contributed by atoms with van der Waals surface area (Å²) in [5.41, 5.74) is 0.447. The highest BCUT2D eigenvalue weighted by molar-refractivity contribution is 6.18. The zero-order valence-electron chi connectivity index (χ0n) is 19.7. The molecule has 0 spiro atoms. The lowest BCUT2D eigenvalue weighted by Crippen LogP contribution is -2.58. The van der Waals surface area contributed by atoms with E-state index in [1.54, 1.807) is 0 Å². The lowest BCUT2D eigenvalue weighted by atomic mass is 9.44. The Morgan fingerprint density at radius 3 is 2.65 bits per heavy atom. The highest BCUT2D eigenvalue weighted by atomic mass is 35.5. The van der Waals surface area contributed by atoms with E-state index < -0.39 is 0 Å². The first-order chi connectivity index (χ1) is 14.7. The highest BCUT2D eigenvalue weighted by Gasteiger charge is 2.62. The summed E-state index contributed by atoms with van der Waals surface area (Å²) in [6.07, 6.45) is 9.39. The molecule has 0 aromatic rings. The number of aliphatic hydroxyl groups excluding tert-OH is 1. The van der Waals surface area contributed by atoms with Gasteiger partial charge in [-0.3, -0.25) is 9.59 Å². The monoisotopic (exact) mass is 451 g/mol. The molecule has 1 amide bonds. The smallest absolute Gasteiger partial charge is 0.220 e. The standard InChI is InChI=1S/C26H42ClNO3/c1-16(4-7-24(31)28-13-12-27)19-5-6-20-18-15-23(30)22-14-17(29)8-10-26(22,3)21(18)9-11-25(19,20)2/h16,18-23,30H,4-15H2,1-3H3,(H,28,31)/t16?,18?,19?,20?,21?,22-,23-,25?,26?/m0/s1. The third kappa shape index (κ3) is 4.09. The molecule has 0 heterocycles. The van der Waals surface area contributed by atoms with Crippen LogP contribution in [-0.2, 0) is 9.59 Å². The number of halogens is 1. The summed E-state index contributed by atoms with van der Waals surface area (Å²) < 4.78 is 0. The van der Waals surface area contributed by atoms with Crippen molar-refractivity contribution in [3.8, 4) is 0 Å². The van der Waals surface area contributed by atoms with E-state index >= 15 is 0 Å². The van der Waals surface area contributed by atoms with Crippen molar-refractivity contribution < 1.29 is 14.7 Å². The van der Waals surface area contributed by atoms with Crippen LogP contribution in [0.1, 0.15) is 85.0 Å². The molecule has 4 saturated carbocycles. The van der Waals surface area contributed by atoms with E-state index in [1.165, 1.54) is 25.7 Å². The van der Waals surface area contributed by atoms with Crippen molar-refractivity contribution in [1.82, 2.24) is 5.32 Å².